The quantitative estimate of drug-likeness (QED) is 0.649. The molecule has 0 radical (unpaired) electrons. The van der Waals surface area contributed by atoms with Gasteiger partial charge in [0, 0.05) is 24.4 Å². The van der Waals surface area contributed by atoms with E-state index in [0.29, 0.717) is 12.1 Å². The average Bonchev–Trinajstić information content (AvgIpc) is 2.20. The maximum atomic E-state index is 11.5. The molecule has 3 heteroatoms. The van der Waals surface area contributed by atoms with Crippen molar-refractivity contribution in [2.24, 2.45) is 0 Å². The zero-order valence-electron chi connectivity index (χ0n) is 7.23. The molecule has 3 nitrogen and oxygen atoms in total. The smallest absolute Gasteiger partial charge is 0.164 e. The van der Waals surface area contributed by atoms with E-state index in [1.54, 1.807) is 18.6 Å². The molecule has 0 aliphatic heterocycles. The highest BCUT2D eigenvalue weighted by Gasteiger charge is 2.15. The van der Waals surface area contributed by atoms with E-state index in [-0.39, 0.29) is 5.78 Å². The number of carbonyl (C=O) groups is 1. The van der Waals surface area contributed by atoms with Gasteiger partial charge in [-0.05, 0) is 12.8 Å². The van der Waals surface area contributed by atoms with Gasteiger partial charge in [-0.15, -0.1) is 0 Å². The Morgan fingerprint density at radius 1 is 1.31 bits per heavy atom. The standard InChI is InChI=1S/C10H10N2O/c13-10-4-2-1-3-8(10)9-7-11-5-6-12-9/h3,5-7H,1-2,4H2. The summed E-state index contributed by atoms with van der Waals surface area (Å²) in [5.41, 5.74) is 1.44. The van der Waals surface area contributed by atoms with Gasteiger partial charge in [0.1, 0.15) is 0 Å². The molecule has 0 fully saturated rings. The van der Waals surface area contributed by atoms with Crippen LogP contribution in [0.5, 0.6) is 0 Å². The number of allylic oxidation sites excluding steroid dienone is 2. The van der Waals surface area contributed by atoms with Crippen LogP contribution in [0.2, 0.25) is 0 Å². The van der Waals surface area contributed by atoms with Gasteiger partial charge in [0.05, 0.1) is 11.9 Å². The minimum atomic E-state index is 0.187. The molecular weight excluding hydrogens is 164 g/mol. The number of rotatable bonds is 1. The largest absolute Gasteiger partial charge is 0.294 e. The lowest BCUT2D eigenvalue weighted by molar-refractivity contribution is -0.114. The molecule has 1 aliphatic rings. The Kier molecular flexibility index (Phi) is 2.17. The van der Waals surface area contributed by atoms with Gasteiger partial charge in [-0.2, -0.15) is 0 Å². The van der Waals surface area contributed by atoms with Gasteiger partial charge >= 0.3 is 0 Å². The summed E-state index contributed by atoms with van der Waals surface area (Å²) in [6.45, 7) is 0. The Hall–Kier alpha value is -1.51. The lowest BCUT2D eigenvalue weighted by atomic mass is 9.96. The molecule has 0 atom stereocenters. The Morgan fingerprint density at radius 2 is 2.23 bits per heavy atom. The van der Waals surface area contributed by atoms with Crippen molar-refractivity contribution in [2.45, 2.75) is 19.3 Å². The molecule has 1 aromatic heterocycles. The minimum absolute atomic E-state index is 0.187. The third-order valence-corrected chi connectivity index (χ3v) is 2.10. The normalized spacial score (nSPS) is 16.9. The van der Waals surface area contributed by atoms with E-state index in [1.165, 1.54) is 0 Å². The van der Waals surface area contributed by atoms with Crippen molar-refractivity contribution in [3.63, 3.8) is 0 Å². The van der Waals surface area contributed by atoms with Crippen LogP contribution < -0.4 is 0 Å². The fourth-order valence-corrected chi connectivity index (χ4v) is 1.44. The first kappa shape index (κ1) is 8.10. The first-order valence-electron chi connectivity index (χ1n) is 4.37. The highest BCUT2D eigenvalue weighted by molar-refractivity contribution is 6.20. The van der Waals surface area contributed by atoms with Crippen LogP contribution in [0.1, 0.15) is 25.0 Å². The molecular formula is C10H10N2O. The predicted octanol–water partition coefficient (Wildman–Crippen LogP) is 1.61. The maximum Gasteiger partial charge on any atom is 0.164 e. The van der Waals surface area contributed by atoms with Crippen LogP contribution in [0.15, 0.2) is 24.7 Å². The molecule has 13 heavy (non-hydrogen) atoms. The SMILES string of the molecule is O=C1CCCC=C1c1cnccn1. The van der Waals surface area contributed by atoms with Gasteiger partial charge < -0.3 is 0 Å². The molecule has 0 amide bonds. The fraction of sp³-hybridized carbons (Fsp3) is 0.300. The number of aromatic nitrogens is 2. The first-order valence-corrected chi connectivity index (χ1v) is 4.37. The van der Waals surface area contributed by atoms with Crippen LogP contribution in [0, 0.1) is 0 Å². The van der Waals surface area contributed by atoms with E-state index in [1.807, 2.05) is 6.08 Å². The van der Waals surface area contributed by atoms with Crippen molar-refractivity contribution in [3.05, 3.63) is 30.4 Å². The van der Waals surface area contributed by atoms with Crippen LogP contribution in [0.25, 0.3) is 5.57 Å². The van der Waals surface area contributed by atoms with Gasteiger partial charge in [-0.25, -0.2) is 0 Å². The molecule has 0 N–H and O–H groups in total. The second-order valence-corrected chi connectivity index (χ2v) is 3.02. The zero-order valence-corrected chi connectivity index (χ0v) is 7.23. The van der Waals surface area contributed by atoms with Crippen molar-refractivity contribution < 1.29 is 4.79 Å². The van der Waals surface area contributed by atoms with Crippen LogP contribution in [0.4, 0.5) is 0 Å². The second-order valence-electron chi connectivity index (χ2n) is 3.02. The van der Waals surface area contributed by atoms with Crippen LogP contribution in [0.3, 0.4) is 0 Å². The molecule has 0 unspecified atom stereocenters. The van der Waals surface area contributed by atoms with Gasteiger partial charge in [-0.3, -0.25) is 14.8 Å². The topological polar surface area (TPSA) is 42.9 Å². The summed E-state index contributed by atoms with van der Waals surface area (Å²) in [7, 11) is 0. The molecule has 0 aromatic carbocycles. The number of hydrogen-bond acceptors (Lipinski definition) is 3. The average molecular weight is 174 g/mol. The Bertz CT molecular complexity index is 343. The number of carbonyl (C=O) groups excluding carboxylic acids is 1. The molecule has 1 aromatic rings. The van der Waals surface area contributed by atoms with Gasteiger partial charge in [0.15, 0.2) is 5.78 Å². The highest BCUT2D eigenvalue weighted by Crippen LogP contribution is 2.21. The van der Waals surface area contributed by atoms with Crippen LogP contribution in [-0.4, -0.2) is 15.8 Å². The summed E-state index contributed by atoms with van der Waals surface area (Å²) in [6.07, 6.45) is 9.38. The summed E-state index contributed by atoms with van der Waals surface area (Å²) in [5.74, 6) is 0.187. The number of hydrogen-bond donors (Lipinski definition) is 0. The number of ketones is 1. The Labute approximate surface area is 76.5 Å². The number of nitrogens with zero attached hydrogens (tertiary/aromatic N) is 2. The molecule has 2 rings (SSSR count). The highest BCUT2D eigenvalue weighted by atomic mass is 16.1. The lowest BCUT2D eigenvalue weighted by Crippen LogP contribution is -2.07. The summed E-state index contributed by atoms with van der Waals surface area (Å²) in [6, 6.07) is 0. The zero-order chi connectivity index (χ0) is 9.10. The van der Waals surface area contributed by atoms with Crippen LogP contribution in [-0.2, 0) is 4.79 Å². The Morgan fingerprint density at radius 3 is 2.92 bits per heavy atom. The van der Waals surface area contributed by atoms with Gasteiger partial charge in [0.2, 0.25) is 0 Å². The second kappa shape index (κ2) is 3.47. The van der Waals surface area contributed by atoms with Crippen molar-refractivity contribution in [3.8, 4) is 0 Å². The molecule has 1 heterocycles. The van der Waals surface area contributed by atoms with E-state index in [0.717, 1.165) is 18.4 Å². The Balaban J connectivity index is 2.35. The molecule has 66 valence electrons. The minimum Gasteiger partial charge on any atom is -0.294 e. The summed E-state index contributed by atoms with van der Waals surface area (Å²) < 4.78 is 0. The van der Waals surface area contributed by atoms with E-state index in [4.69, 9.17) is 0 Å². The molecule has 1 aliphatic carbocycles. The third-order valence-electron chi connectivity index (χ3n) is 2.10. The molecule has 0 spiro atoms. The fourth-order valence-electron chi connectivity index (χ4n) is 1.44. The van der Waals surface area contributed by atoms with Crippen LogP contribution >= 0.6 is 0 Å². The monoisotopic (exact) mass is 174 g/mol. The predicted molar refractivity (Wildman–Crippen MR) is 48.9 cm³/mol. The number of Topliss-reactive ketones (excluding diaryl/α,β-unsaturated/α-hetero) is 1. The maximum absolute atomic E-state index is 11.5. The summed E-state index contributed by atoms with van der Waals surface area (Å²) in [5, 5.41) is 0. The van der Waals surface area contributed by atoms with E-state index >= 15 is 0 Å². The van der Waals surface area contributed by atoms with E-state index in [9.17, 15) is 4.79 Å². The molecule has 0 bridgehead atoms. The molecule has 0 saturated heterocycles. The van der Waals surface area contributed by atoms with Crippen molar-refractivity contribution in [2.75, 3.05) is 0 Å². The third kappa shape index (κ3) is 1.64. The first-order chi connectivity index (χ1) is 6.38. The van der Waals surface area contributed by atoms with E-state index in [2.05, 4.69) is 9.97 Å². The lowest BCUT2D eigenvalue weighted by Gasteiger charge is -2.09. The summed E-state index contributed by atoms with van der Waals surface area (Å²) in [4.78, 5) is 19.5. The van der Waals surface area contributed by atoms with Crippen molar-refractivity contribution in [1.82, 2.24) is 9.97 Å². The summed E-state index contributed by atoms with van der Waals surface area (Å²) >= 11 is 0. The van der Waals surface area contributed by atoms with Crippen molar-refractivity contribution >= 4 is 11.4 Å². The van der Waals surface area contributed by atoms with Gasteiger partial charge in [0.25, 0.3) is 0 Å². The van der Waals surface area contributed by atoms with E-state index < -0.39 is 0 Å². The van der Waals surface area contributed by atoms with Gasteiger partial charge in [-0.1, -0.05) is 6.08 Å². The molecule has 0 saturated carbocycles. The van der Waals surface area contributed by atoms with Crippen molar-refractivity contribution in [1.29, 1.82) is 0 Å².